The van der Waals surface area contributed by atoms with Crippen molar-refractivity contribution in [1.82, 2.24) is 0 Å². The summed E-state index contributed by atoms with van der Waals surface area (Å²) in [5.41, 5.74) is 15.3. The predicted molar refractivity (Wildman–Crippen MR) is 77.9 cm³/mol. The summed E-state index contributed by atoms with van der Waals surface area (Å²) in [6, 6.07) is 6.04. The molecule has 1 amide bonds. The third kappa shape index (κ3) is 2.51. The number of hydrogen-bond acceptors (Lipinski definition) is 3. The number of carbonyl (C=O) groups is 1. The first-order valence-electron chi connectivity index (χ1n) is 6.72. The maximum absolute atomic E-state index is 11.7. The van der Waals surface area contributed by atoms with Crippen molar-refractivity contribution in [2.45, 2.75) is 32.7 Å². The van der Waals surface area contributed by atoms with Gasteiger partial charge in [0.1, 0.15) is 0 Å². The molecule has 1 aliphatic rings. The van der Waals surface area contributed by atoms with Gasteiger partial charge < -0.3 is 16.4 Å². The van der Waals surface area contributed by atoms with Gasteiger partial charge in [0, 0.05) is 25.2 Å². The molecule has 0 fully saturated rings. The van der Waals surface area contributed by atoms with Crippen LogP contribution in [-0.2, 0) is 11.2 Å². The third-order valence-corrected chi connectivity index (χ3v) is 4.17. The Bertz CT molecular complexity index is 496. The number of nitrogens with two attached hydrogens (primary N) is 2. The Labute approximate surface area is 114 Å². The summed E-state index contributed by atoms with van der Waals surface area (Å²) in [5, 5.41) is 0. The largest absolute Gasteiger partial charge is 0.330 e. The molecule has 0 saturated carbocycles. The number of rotatable bonds is 3. The van der Waals surface area contributed by atoms with Crippen LogP contribution in [0, 0.1) is 5.41 Å². The van der Waals surface area contributed by atoms with Crippen LogP contribution in [0.1, 0.15) is 37.4 Å². The monoisotopic (exact) mass is 261 g/mol. The van der Waals surface area contributed by atoms with Crippen molar-refractivity contribution < 1.29 is 4.79 Å². The van der Waals surface area contributed by atoms with Crippen LogP contribution in [0.25, 0.3) is 0 Å². The lowest BCUT2D eigenvalue weighted by molar-refractivity contribution is -0.118. The van der Waals surface area contributed by atoms with Crippen molar-refractivity contribution in [1.29, 1.82) is 0 Å². The van der Waals surface area contributed by atoms with Gasteiger partial charge in [0.15, 0.2) is 0 Å². The van der Waals surface area contributed by atoms with Gasteiger partial charge in [0.25, 0.3) is 0 Å². The van der Waals surface area contributed by atoms with E-state index in [0.29, 0.717) is 13.0 Å². The number of benzene rings is 1. The highest BCUT2D eigenvalue weighted by atomic mass is 16.2. The summed E-state index contributed by atoms with van der Waals surface area (Å²) >= 11 is 0. The molecule has 1 unspecified atom stereocenters. The van der Waals surface area contributed by atoms with E-state index in [4.69, 9.17) is 11.5 Å². The lowest BCUT2D eigenvalue weighted by atomic mass is 9.80. The van der Waals surface area contributed by atoms with Crippen LogP contribution in [0.2, 0.25) is 0 Å². The summed E-state index contributed by atoms with van der Waals surface area (Å²) in [6.45, 7) is 4.70. The highest BCUT2D eigenvalue weighted by Gasteiger charge is 2.28. The topological polar surface area (TPSA) is 72.3 Å². The Morgan fingerprint density at radius 3 is 2.68 bits per heavy atom. The Balaban J connectivity index is 2.35. The second kappa shape index (κ2) is 4.94. The molecule has 1 heterocycles. The van der Waals surface area contributed by atoms with E-state index in [1.807, 2.05) is 19.2 Å². The van der Waals surface area contributed by atoms with E-state index in [1.165, 1.54) is 5.56 Å². The summed E-state index contributed by atoms with van der Waals surface area (Å²) < 4.78 is 0. The number of hydrogen-bond donors (Lipinski definition) is 2. The van der Waals surface area contributed by atoms with Gasteiger partial charge in [-0.1, -0.05) is 26.0 Å². The van der Waals surface area contributed by atoms with E-state index in [1.54, 1.807) is 4.90 Å². The third-order valence-electron chi connectivity index (χ3n) is 4.17. The van der Waals surface area contributed by atoms with Gasteiger partial charge in [-0.2, -0.15) is 0 Å². The van der Waals surface area contributed by atoms with Gasteiger partial charge in [-0.25, -0.2) is 0 Å². The van der Waals surface area contributed by atoms with Crippen LogP contribution < -0.4 is 16.4 Å². The van der Waals surface area contributed by atoms with Crippen molar-refractivity contribution in [3.05, 3.63) is 29.3 Å². The molecule has 0 aromatic heterocycles. The molecule has 19 heavy (non-hydrogen) atoms. The quantitative estimate of drug-likeness (QED) is 0.867. The maximum Gasteiger partial charge on any atom is 0.227 e. The summed E-state index contributed by atoms with van der Waals surface area (Å²) in [7, 11) is 1.82. The maximum atomic E-state index is 11.7. The van der Waals surface area contributed by atoms with Crippen molar-refractivity contribution in [3.63, 3.8) is 0 Å². The first kappa shape index (κ1) is 14.0. The van der Waals surface area contributed by atoms with Crippen molar-refractivity contribution in [3.8, 4) is 0 Å². The zero-order valence-corrected chi connectivity index (χ0v) is 11.9. The molecule has 0 saturated heterocycles. The fraction of sp³-hybridized carbons (Fsp3) is 0.533. The molecule has 4 nitrogen and oxygen atoms in total. The van der Waals surface area contributed by atoms with E-state index in [0.717, 1.165) is 17.7 Å². The summed E-state index contributed by atoms with van der Waals surface area (Å²) in [5.74, 6) is 0.173. The van der Waals surface area contributed by atoms with Gasteiger partial charge in [-0.05, 0) is 35.6 Å². The molecule has 1 aromatic rings. The minimum absolute atomic E-state index is 0.0919. The van der Waals surface area contributed by atoms with Crippen LogP contribution in [0.3, 0.4) is 0 Å². The fourth-order valence-electron chi connectivity index (χ4n) is 2.45. The van der Waals surface area contributed by atoms with Crippen LogP contribution in [0.15, 0.2) is 18.2 Å². The number of aryl methyl sites for hydroxylation is 1. The number of nitrogens with zero attached hydrogens (tertiary/aromatic N) is 1. The Kier molecular flexibility index (Phi) is 3.65. The fourth-order valence-corrected chi connectivity index (χ4v) is 2.45. The van der Waals surface area contributed by atoms with Gasteiger partial charge in [-0.15, -0.1) is 0 Å². The number of fused-ring (bicyclic) bond motifs is 1. The van der Waals surface area contributed by atoms with Crippen molar-refractivity contribution in [2.24, 2.45) is 16.9 Å². The van der Waals surface area contributed by atoms with Crippen LogP contribution in [0.4, 0.5) is 5.69 Å². The molecule has 1 atom stereocenters. The van der Waals surface area contributed by atoms with Crippen molar-refractivity contribution >= 4 is 11.6 Å². The molecule has 1 aliphatic heterocycles. The number of carbonyl (C=O) groups excluding carboxylic acids is 1. The second-order valence-electron chi connectivity index (χ2n) is 6.01. The molecule has 0 radical (unpaired) electrons. The molecular formula is C15H23N3O. The molecule has 104 valence electrons. The zero-order chi connectivity index (χ0) is 14.2. The highest BCUT2D eigenvalue weighted by Crippen LogP contribution is 2.34. The molecule has 0 spiro atoms. The standard InChI is InChI=1S/C15H23N3O/c1-15(2,9-16)14(17)11-4-6-12-10(8-11)5-7-13(19)18(12)3/h4,6,8,14H,5,7,9,16-17H2,1-3H3. The second-order valence-corrected chi connectivity index (χ2v) is 6.01. The van der Waals surface area contributed by atoms with Crippen LogP contribution in [0.5, 0.6) is 0 Å². The molecule has 0 bridgehead atoms. The minimum Gasteiger partial charge on any atom is -0.330 e. The highest BCUT2D eigenvalue weighted by molar-refractivity contribution is 5.95. The molecule has 2 rings (SSSR count). The smallest absolute Gasteiger partial charge is 0.227 e. The molecule has 1 aromatic carbocycles. The van der Waals surface area contributed by atoms with Gasteiger partial charge >= 0.3 is 0 Å². The van der Waals surface area contributed by atoms with Crippen molar-refractivity contribution in [2.75, 3.05) is 18.5 Å². The molecule has 4 N–H and O–H groups in total. The van der Waals surface area contributed by atoms with Gasteiger partial charge in [0.2, 0.25) is 5.91 Å². The van der Waals surface area contributed by atoms with E-state index in [-0.39, 0.29) is 17.4 Å². The van der Waals surface area contributed by atoms with Gasteiger partial charge in [0.05, 0.1) is 0 Å². The number of anilines is 1. The first-order valence-corrected chi connectivity index (χ1v) is 6.72. The SMILES string of the molecule is CN1C(=O)CCc2cc(C(N)C(C)(C)CN)ccc21. The summed E-state index contributed by atoms with van der Waals surface area (Å²) in [6.07, 6.45) is 1.37. The van der Waals surface area contributed by atoms with E-state index >= 15 is 0 Å². The van der Waals surface area contributed by atoms with Gasteiger partial charge in [-0.3, -0.25) is 4.79 Å². The molecule has 4 heteroatoms. The Morgan fingerprint density at radius 2 is 2.05 bits per heavy atom. The van der Waals surface area contributed by atoms with E-state index in [2.05, 4.69) is 19.9 Å². The predicted octanol–water partition coefficient (Wildman–Crippen LogP) is 1.58. The lowest BCUT2D eigenvalue weighted by Gasteiger charge is -2.32. The minimum atomic E-state index is -0.134. The lowest BCUT2D eigenvalue weighted by Crippen LogP contribution is -2.36. The van der Waals surface area contributed by atoms with E-state index < -0.39 is 0 Å². The average Bonchev–Trinajstić information content (AvgIpc) is 2.41. The zero-order valence-electron chi connectivity index (χ0n) is 11.9. The van der Waals surface area contributed by atoms with E-state index in [9.17, 15) is 4.79 Å². The normalized spacial score (nSPS) is 17.3. The summed E-state index contributed by atoms with van der Waals surface area (Å²) in [4.78, 5) is 13.4. The average molecular weight is 261 g/mol. The first-order chi connectivity index (χ1) is 8.86. The molecular weight excluding hydrogens is 238 g/mol. The van der Waals surface area contributed by atoms with Crippen LogP contribution >= 0.6 is 0 Å². The van der Waals surface area contributed by atoms with Crippen LogP contribution in [-0.4, -0.2) is 19.5 Å². The Hall–Kier alpha value is -1.39. The Morgan fingerprint density at radius 1 is 1.37 bits per heavy atom. The number of amides is 1. The molecule has 0 aliphatic carbocycles.